The van der Waals surface area contributed by atoms with Gasteiger partial charge in [0.1, 0.15) is 13.2 Å². The predicted molar refractivity (Wildman–Crippen MR) is 101 cm³/mol. The van der Waals surface area contributed by atoms with Crippen LogP contribution in [0.3, 0.4) is 0 Å². The molecule has 0 radical (unpaired) electrons. The molecule has 0 saturated carbocycles. The average molecular weight is 422 g/mol. The summed E-state index contributed by atoms with van der Waals surface area (Å²) >= 11 is 0. The first-order chi connectivity index (χ1) is 14.5. The molecule has 8 nitrogen and oxygen atoms in total. The Morgan fingerprint density at radius 1 is 1.10 bits per heavy atom. The highest BCUT2D eigenvalue weighted by Crippen LogP contribution is 2.33. The molecule has 0 unspecified atom stereocenters. The Bertz CT molecular complexity index is 922. The molecular weight excluding hydrogens is 402 g/mol. The highest BCUT2D eigenvalue weighted by Gasteiger charge is 2.17. The number of hydrogen-bond acceptors (Lipinski definition) is 6. The number of carbonyl (C=O) groups is 2. The quantitative estimate of drug-likeness (QED) is 0.677. The third kappa shape index (κ3) is 5.28. The molecule has 30 heavy (non-hydrogen) atoms. The van der Waals surface area contributed by atoms with Crippen LogP contribution in [0, 0.1) is 0 Å². The average Bonchev–Trinajstić information content (AvgIpc) is 2.75. The minimum atomic E-state index is -3.02. The van der Waals surface area contributed by atoms with Crippen LogP contribution >= 0.6 is 0 Å². The number of hydrogen-bond donors (Lipinski definition) is 2. The second-order valence-electron chi connectivity index (χ2n) is 6.14. The van der Waals surface area contributed by atoms with Crippen LogP contribution in [0.1, 0.15) is 15.9 Å². The Hall–Kier alpha value is -3.56. The van der Waals surface area contributed by atoms with E-state index < -0.39 is 18.4 Å². The van der Waals surface area contributed by atoms with Gasteiger partial charge in [-0.15, -0.1) is 0 Å². The van der Waals surface area contributed by atoms with E-state index in [0.29, 0.717) is 24.7 Å². The number of benzene rings is 2. The molecule has 0 spiro atoms. The van der Waals surface area contributed by atoms with E-state index in [1.807, 2.05) is 6.07 Å². The summed E-state index contributed by atoms with van der Waals surface area (Å²) in [6, 6.07) is 9.12. The summed E-state index contributed by atoms with van der Waals surface area (Å²) < 4.78 is 45.1. The van der Waals surface area contributed by atoms with E-state index in [1.54, 1.807) is 12.1 Å². The number of halogens is 2. The van der Waals surface area contributed by atoms with Crippen LogP contribution < -0.4 is 29.6 Å². The normalized spacial score (nSPS) is 12.3. The maximum absolute atomic E-state index is 12.4. The second-order valence-corrected chi connectivity index (χ2v) is 6.14. The predicted octanol–water partition coefficient (Wildman–Crippen LogP) is 2.11. The van der Waals surface area contributed by atoms with Gasteiger partial charge in [-0.25, -0.2) is 0 Å². The molecular formula is C20H20F2N2O6. The molecule has 0 aromatic heterocycles. The lowest BCUT2D eigenvalue weighted by molar-refractivity contribution is -0.120. The first-order valence-corrected chi connectivity index (χ1v) is 9.03. The smallest absolute Gasteiger partial charge is 0.387 e. The SMILES string of the molecule is COc1cc(C(=O)NCC(=O)NCc2cccc3c2OCCO3)ccc1OC(F)F. The number of ether oxygens (including phenoxy) is 4. The lowest BCUT2D eigenvalue weighted by atomic mass is 10.1. The van der Waals surface area contributed by atoms with Crippen LogP contribution in [0.5, 0.6) is 23.0 Å². The van der Waals surface area contributed by atoms with Crippen molar-refractivity contribution in [2.75, 3.05) is 26.9 Å². The molecule has 10 heteroatoms. The molecule has 3 rings (SSSR count). The molecule has 0 fully saturated rings. The summed E-state index contributed by atoms with van der Waals surface area (Å²) in [5.74, 6) is 0.00614. The van der Waals surface area contributed by atoms with Crippen molar-refractivity contribution in [3.8, 4) is 23.0 Å². The van der Waals surface area contributed by atoms with Crippen molar-refractivity contribution in [3.63, 3.8) is 0 Å². The summed E-state index contributed by atoms with van der Waals surface area (Å²) in [4.78, 5) is 24.3. The van der Waals surface area contributed by atoms with E-state index in [1.165, 1.54) is 25.3 Å². The van der Waals surface area contributed by atoms with Crippen LogP contribution in [-0.2, 0) is 11.3 Å². The number of fused-ring (bicyclic) bond motifs is 1. The number of carbonyl (C=O) groups excluding carboxylic acids is 2. The summed E-state index contributed by atoms with van der Waals surface area (Å²) in [7, 11) is 1.26. The van der Waals surface area contributed by atoms with Crippen molar-refractivity contribution >= 4 is 11.8 Å². The fourth-order valence-corrected chi connectivity index (χ4v) is 2.79. The Labute approximate surface area is 171 Å². The Balaban J connectivity index is 1.53. The number of methoxy groups -OCH3 is 1. The van der Waals surface area contributed by atoms with Crippen LogP contribution in [0.25, 0.3) is 0 Å². The van der Waals surface area contributed by atoms with Crippen molar-refractivity contribution in [2.45, 2.75) is 13.2 Å². The molecule has 1 heterocycles. The number of amides is 2. The summed E-state index contributed by atoms with van der Waals surface area (Å²) in [5, 5.41) is 5.15. The minimum absolute atomic E-state index is 0.0246. The monoisotopic (exact) mass is 422 g/mol. The Morgan fingerprint density at radius 3 is 2.67 bits per heavy atom. The maximum atomic E-state index is 12.4. The molecule has 0 saturated heterocycles. The van der Waals surface area contributed by atoms with Crippen molar-refractivity contribution in [1.29, 1.82) is 0 Å². The van der Waals surface area contributed by atoms with Crippen molar-refractivity contribution in [1.82, 2.24) is 10.6 Å². The van der Waals surface area contributed by atoms with Crippen LogP contribution in [-0.4, -0.2) is 45.3 Å². The van der Waals surface area contributed by atoms with Gasteiger partial charge < -0.3 is 29.6 Å². The van der Waals surface area contributed by atoms with Gasteiger partial charge in [-0.05, 0) is 24.3 Å². The zero-order chi connectivity index (χ0) is 21.5. The molecule has 1 aliphatic heterocycles. The first-order valence-electron chi connectivity index (χ1n) is 9.03. The van der Waals surface area contributed by atoms with Gasteiger partial charge in [-0.3, -0.25) is 9.59 Å². The fourth-order valence-electron chi connectivity index (χ4n) is 2.79. The second kappa shape index (κ2) is 9.77. The van der Waals surface area contributed by atoms with Crippen LogP contribution in [0.4, 0.5) is 8.78 Å². The van der Waals surface area contributed by atoms with Gasteiger partial charge in [0, 0.05) is 17.7 Å². The minimum Gasteiger partial charge on any atom is -0.493 e. The molecule has 0 bridgehead atoms. The molecule has 0 atom stereocenters. The van der Waals surface area contributed by atoms with Gasteiger partial charge in [0.15, 0.2) is 23.0 Å². The summed E-state index contributed by atoms with van der Waals surface area (Å²) in [6.07, 6.45) is 0. The zero-order valence-electron chi connectivity index (χ0n) is 16.1. The van der Waals surface area contributed by atoms with Gasteiger partial charge in [0.2, 0.25) is 5.91 Å². The van der Waals surface area contributed by atoms with Gasteiger partial charge in [-0.1, -0.05) is 12.1 Å². The number of para-hydroxylation sites is 1. The molecule has 1 aliphatic rings. The van der Waals surface area contributed by atoms with E-state index in [2.05, 4.69) is 15.4 Å². The van der Waals surface area contributed by atoms with Gasteiger partial charge >= 0.3 is 6.61 Å². The molecule has 2 aromatic rings. The molecule has 2 aromatic carbocycles. The standard InChI is InChI=1S/C20H20F2N2O6/c1-27-16-9-12(5-6-14(16)30-20(21)22)19(26)24-11-17(25)23-10-13-3-2-4-15-18(13)29-8-7-28-15/h2-6,9,20H,7-8,10-11H2,1H3,(H,23,25)(H,24,26). The lowest BCUT2D eigenvalue weighted by Crippen LogP contribution is -2.36. The molecule has 2 N–H and O–H groups in total. The Kier molecular flexibility index (Phi) is 6.89. The van der Waals surface area contributed by atoms with Crippen molar-refractivity contribution in [2.24, 2.45) is 0 Å². The van der Waals surface area contributed by atoms with E-state index >= 15 is 0 Å². The molecule has 160 valence electrons. The maximum Gasteiger partial charge on any atom is 0.387 e. The summed E-state index contributed by atoms with van der Waals surface area (Å²) in [5.41, 5.74) is 0.884. The third-order valence-electron chi connectivity index (χ3n) is 4.18. The van der Waals surface area contributed by atoms with E-state index in [4.69, 9.17) is 14.2 Å². The summed E-state index contributed by atoms with van der Waals surface area (Å²) in [6.45, 7) is -2.19. The first kappa shape index (κ1) is 21.2. The highest BCUT2D eigenvalue weighted by atomic mass is 19.3. The topological polar surface area (TPSA) is 95.1 Å². The van der Waals surface area contributed by atoms with E-state index in [0.717, 1.165) is 5.56 Å². The van der Waals surface area contributed by atoms with Gasteiger partial charge in [-0.2, -0.15) is 8.78 Å². The van der Waals surface area contributed by atoms with Crippen LogP contribution in [0.2, 0.25) is 0 Å². The number of alkyl halides is 2. The largest absolute Gasteiger partial charge is 0.493 e. The Morgan fingerprint density at radius 2 is 1.90 bits per heavy atom. The third-order valence-corrected chi connectivity index (χ3v) is 4.18. The van der Waals surface area contributed by atoms with Crippen molar-refractivity contribution < 1.29 is 37.3 Å². The highest BCUT2D eigenvalue weighted by molar-refractivity contribution is 5.97. The number of nitrogens with one attached hydrogen (secondary N) is 2. The van der Waals surface area contributed by atoms with Gasteiger partial charge in [0.25, 0.3) is 5.91 Å². The molecule has 0 aliphatic carbocycles. The number of rotatable bonds is 8. The van der Waals surface area contributed by atoms with E-state index in [-0.39, 0.29) is 30.2 Å². The van der Waals surface area contributed by atoms with E-state index in [9.17, 15) is 18.4 Å². The fraction of sp³-hybridized carbons (Fsp3) is 0.300. The van der Waals surface area contributed by atoms with Gasteiger partial charge in [0.05, 0.1) is 13.7 Å². The zero-order valence-corrected chi connectivity index (χ0v) is 16.1. The van der Waals surface area contributed by atoms with Crippen molar-refractivity contribution in [3.05, 3.63) is 47.5 Å². The lowest BCUT2D eigenvalue weighted by Gasteiger charge is -2.21. The molecule has 2 amide bonds. The van der Waals surface area contributed by atoms with Crippen LogP contribution in [0.15, 0.2) is 36.4 Å².